The quantitative estimate of drug-likeness (QED) is 0.163. The predicted octanol–water partition coefficient (Wildman–Crippen LogP) is 17.3. The van der Waals surface area contributed by atoms with Crippen LogP contribution in [0.1, 0.15) is 55.6 Å². The summed E-state index contributed by atoms with van der Waals surface area (Å²) in [5.41, 5.74) is 24.2. The van der Waals surface area contributed by atoms with Gasteiger partial charge in [0, 0.05) is 11.4 Å². The van der Waals surface area contributed by atoms with Crippen LogP contribution in [0.3, 0.4) is 0 Å². The third-order valence-electron chi connectivity index (χ3n) is 14.5. The maximum Gasteiger partial charge on any atom is 0.0726 e. The predicted molar refractivity (Wildman–Crippen MR) is 283 cm³/mol. The first-order valence-corrected chi connectivity index (χ1v) is 23.2. The summed E-state index contributed by atoms with van der Waals surface area (Å²) in [6, 6.07) is 81.0. The second-order valence-corrected chi connectivity index (χ2v) is 18.1. The van der Waals surface area contributed by atoms with Crippen molar-refractivity contribution in [3.05, 3.63) is 274 Å². The van der Waals surface area contributed by atoms with Gasteiger partial charge in [0.25, 0.3) is 0 Å². The molecule has 0 atom stereocenters. The third kappa shape index (κ3) is 5.63. The van der Waals surface area contributed by atoms with Crippen molar-refractivity contribution in [2.45, 2.75) is 5.41 Å². The molecule has 10 aromatic carbocycles. The number of rotatable bonds is 4. The lowest BCUT2D eigenvalue weighted by Crippen LogP contribution is -2.26. The minimum Gasteiger partial charge on any atom is -0.309 e. The van der Waals surface area contributed by atoms with E-state index in [9.17, 15) is 0 Å². The van der Waals surface area contributed by atoms with Gasteiger partial charge in [0.05, 0.1) is 28.2 Å². The van der Waals surface area contributed by atoms with Gasteiger partial charge in [-0.05, 0) is 149 Å². The van der Waals surface area contributed by atoms with Crippen molar-refractivity contribution in [2.75, 3.05) is 9.80 Å². The van der Waals surface area contributed by atoms with E-state index in [1.165, 1.54) is 111 Å². The lowest BCUT2D eigenvalue weighted by molar-refractivity contribution is 0.793. The van der Waals surface area contributed by atoms with Crippen LogP contribution in [0.5, 0.6) is 0 Å². The van der Waals surface area contributed by atoms with Crippen molar-refractivity contribution in [2.24, 2.45) is 0 Å². The van der Waals surface area contributed by atoms with Crippen molar-refractivity contribution in [3.8, 4) is 22.3 Å². The van der Waals surface area contributed by atoms with Gasteiger partial charge in [0.15, 0.2) is 0 Å². The van der Waals surface area contributed by atoms with Crippen LogP contribution in [-0.4, -0.2) is 0 Å². The van der Waals surface area contributed by atoms with Crippen molar-refractivity contribution < 1.29 is 0 Å². The van der Waals surface area contributed by atoms with E-state index < -0.39 is 5.41 Å². The van der Waals surface area contributed by atoms with Crippen LogP contribution in [0.2, 0.25) is 0 Å². The molecule has 0 radical (unpaired) electrons. The zero-order valence-corrected chi connectivity index (χ0v) is 36.6. The molecule has 2 nitrogen and oxygen atoms in total. The molecule has 2 heterocycles. The van der Waals surface area contributed by atoms with Gasteiger partial charge >= 0.3 is 0 Å². The van der Waals surface area contributed by atoms with E-state index in [4.69, 9.17) is 0 Å². The minimum atomic E-state index is -0.494. The lowest BCUT2D eigenvalue weighted by atomic mass is 9.70. The first-order valence-electron chi connectivity index (χ1n) is 23.2. The summed E-state index contributed by atoms with van der Waals surface area (Å²) in [5, 5.41) is 2.42. The Morgan fingerprint density at radius 3 is 1.21 bits per heavy atom. The molecule has 0 saturated heterocycles. The molecule has 14 rings (SSSR count). The zero-order chi connectivity index (χ0) is 44.1. The molecule has 0 fully saturated rings. The second-order valence-electron chi connectivity index (χ2n) is 18.1. The average molecular weight is 851 g/mol. The monoisotopic (exact) mass is 850 g/mol. The SMILES string of the molecule is C(=Cc1ccc2cc(N3c4ccccc4C=Cc4ccccc43)ccc2c1)c1ccc2c(c1)C1(c3ccccc3-c3ccccc31)c1cc(N3c4ccccc4C=Cc4ccccc43)ccc1-2. The summed E-state index contributed by atoms with van der Waals surface area (Å²) in [7, 11) is 0. The average Bonchev–Trinajstić information content (AvgIpc) is 3.68. The Bertz CT molecular complexity index is 3640. The number of fused-ring (bicyclic) bond motifs is 15. The van der Waals surface area contributed by atoms with Crippen LogP contribution in [-0.2, 0) is 5.41 Å². The summed E-state index contributed by atoms with van der Waals surface area (Å²) in [6.45, 7) is 0. The molecule has 10 aromatic rings. The summed E-state index contributed by atoms with van der Waals surface area (Å²) in [6.07, 6.45) is 13.5. The molecule has 0 N–H and O–H groups in total. The minimum absolute atomic E-state index is 0.494. The molecule has 0 aromatic heterocycles. The van der Waals surface area contributed by atoms with Gasteiger partial charge in [-0.15, -0.1) is 0 Å². The number of benzene rings is 10. The smallest absolute Gasteiger partial charge is 0.0726 e. The highest BCUT2D eigenvalue weighted by molar-refractivity contribution is 6.00. The van der Waals surface area contributed by atoms with Crippen LogP contribution in [0.25, 0.3) is 69.5 Å². The Balaban J connectivity index is 0.874. The lowest BCUT2D eigenvalue weighted by Gasteiger charge is -2.32. The second kappa shape index (κ2) is 14.7. The molecule has 0 unspecified atom stereocenters. The van der Waals surface area contributed by atoms with Gasteiger partial charge in [-0.2, -0.15) is 0 Å². The van der Waals surface area contributed by atoms with Gasteiger partial charge in [-0.1, -0.05) is 194 Å². The molecule has 2 heteroatoms. The first kappa shape index (κ1) is 37.6. The van der Waals surface area contributed by atoms with Crippen LogP contribution < -0.4 is 9.80 Å². The van der Waals surface area contributed by atoms with Crippen molar-refractivity contribution >= 4 is 81.4 Å². The van der Waals surface area contributed by atoms with Crippen molar-refractivity contribution in [1.29, 1.82) is 0 Å². The van der Waals surface area contributed by atoms with Crippen LogP contribution in [0, 0.1) is 0 Å². The summed E-state index contributed by atoms with van der Waals surface area (Å²) >= 11 is 0. The highest BCUT2D eigenvalue weighted by atomic mass is 15.2. The van der Waals surface area contributed by atoms with Gasteiger partial charge < -0.3 is 9.80 Å². The topological polar surface area (TPSA) is 6.48 Å². The molecular weight excluding hydrogens is 809 g/mol. The van der Waals surface area contributed by atoms with E-state index in [1.807, 2.05) is 0 Å². The Kier molecular flexibility index (Phi) is 8.23. The Hall–Kier alpha value is -8.72. The molecule has 2 aliphatic carbocycles. The summed E-state index contributed by atoms with van der Waals surface area (Å²) < 4.78 is 0. The maximum absolute atomic E-state index is 2.49. The largest absolute Gasteiger partial charge is 0.309 e. The van der Waals surface area contributed by atoms with E-state index in [-0.39, 0.29) is 0 Å². The molecule has 0 saturated carbocycles. The van der Waals surface area contributed by atoms with Crippen LogP contribution in [0.15, 0.2) is 218 Å². The number of hydrogen-bond donors (Lipinski definition) is 0. The molecule has 0 amide bonds. The van der Waals surface area contributed by atoms with Crippen LogP contribution >= 0.6 is 0 Å². The van der Waals surface area contributed by atoms with Gasteiger partial charge in [-0.25, -0.2) is 0 Å². The molecule has 312 valence electrons. The van der Waals surface area contributed by atoms with E-state index in [0.29, 0.717) is 0 Å². The molecule has 67 heavy (non-hydrogen) atoms. The van der Waals surface area contributed by atoms with Crippen molar-refractivity contribution in [1.82, 2.24) is 0 Å². The first-order chi connectivity index (χ1) is 33.2. The van der Waals surface area contributed by atoms with E-state index in [0.717, 1.165) is 11.4 Å². The van der Waals surface area contributed by atoms with Crippen LogP contribution in [0.4, 0.5) is 34.1 Å². The van der Waals surface area contributed by atoms with Gasteiger partial charge in [0.2, 0.25) is 0 Å². The molecular formula is C65H42N2. The fourth-order valence-corrected chi connectivity index (χ4v) is 11.6. The molecule has 0 bridgehead atoms. The van der Waals surface area contributed by atoms with Crippen molar-refractivity contribution in [3.63, 3.8) is 0 Å². The number of nitrogens with zero attached hydrogens (tertiary/aromatic N) is 2. The summed E-state index contributed by atoms with van der Waals surface area (Å²) in [4.78, 5) is 4.85. The third-order valence-corrected chi connectivity index (χ3v) is 14.5. The highest BCUT2D eigenvalue weighted by Gasteiger charge is 2.52. The number of anilines is 6. The Morgan fingerprint density at radius 1 is 0.284 bits per heavy atom. The maximum atomic E-state index is 2.49. The molecule has 4 aliphatic rings. The van der Waals surface area contributed by atoms with E-state index in [1.54, 1.807) is 0 Å². The number of para-hydroxylation sites is 4. The molecule has 1 spiro atoms. The van der Waals surface area contributed by atoms with E-state index >= 15 is 0 Å². The standard InChI is InChI=1S/C65H42N2/c1-9-21-61-45(13-1)30-31-46-14-2-10-22-62(46)66(61)51-35-34-49-39-43(27-29-50(49)41-51)25-26-44-28-37-55-56-38-36-52(67-63-23-11-3-15-47(63)32-33-48-16-4-12-24-64(48)67)42-60(56)65(59(55)40-44)57-19-7-5-17-53(57)54-18-6-8-20-58(54)65/h1-42H. The Morgan fingerprint density at radius 2 is 0.657 bits per heavy atom. The normalized spacial score (nSPS) is 14.1. The fourth-order valence-electron chi connectivity index (χ4n) is 11.6. The Labute approximate surface area is 391 Å². The summed E-state index contributed by atoms with van der Waals surface area (Å²) in [5.74, 6) is 0. The fraction of sp³-hybridized carbons (Fsp3) is 0.0154. The molecule has 2 aliphatic heterocycles. The van der Waals surface area contributed by atoms with Gasteiger partial charge in [0.1, 0.15) is 0 Å². The van der Waals surface area contributed by atoms with Gasteiger partial charge in [-0.3, -0.25) is 0 Å². The number of hydrogen-bond acceptors (Lipinski definition) is 2. The van der Waals surface area contributed by atoms with E-state index in [2.05, 4.69) is 265 Å². The zero-order valence-electron chi connectivity index (χ0n) is 36.6. The highest BCUT2D eigenvalue weighted by Crippen LogP contribution is 2.63.